The zero-order valence-corrected chi connectivity index (χ0v) is 28.3. The van der Waals surface area contributed by atoms with E-state index in [1.807, 2.05) is 30.3 Å². The summed E-state index contributed by atoms with van der Waals surface area (Å²) in [6.45, 7) is 4.31. The molecule has 0 unspecified atom stereocenters. The van der Waals surface area contributed by atoms with Gasteiger partial charge in [-0.15, -0.1) is 0 Å². The maximum Gasteiger partial charge on any atom is 0.125 e. The van der Waals surface area contributed by atoms with Gasteiger partial charge in [-0.25, -0.2) is 13.2 Å². The second kappa shape index (κ2) is 22.7. The predicted octanol–water partition coefficient (Wildman–Crippen LogP) is 12.7. The van der Waals surface area contributed by atoms with E-state index in [1.54, 1.807) is 18.2 Å². The quantitative estimate of drug-likeness (QED) is 0.141. The minimum Gasteiger partial charge on any atom is -0.207 e. The van der Waals surface area contributed by atoms with Crippen molar-refractivity contribution < 1.29 is 13.2 Å². The number of unbranched alkanes of at least 4 members (excludes halogenated alkanes) is 6. The molecule has 0 fully saturated rings. The number of hydrogen-bond donors (Lipinski definition) is 0. The second-order valence-electron chi connectivity index (χ2n) is 10.1. The standard InChI is InChI=1S/C14H8ClF.2C13H14ClF/c15-13-8-12(9-14(16)10-13)7-6-11-4-2-1-3-5-11;2*1-2-3-4-5-6-7-11-8-12(14)10-13(15)9-11/h1-5,8-10H;2*8-10H,2-5H2,1H3. The monoisotopic (exact) mass is 678 g/mol. The number of hydrogen-bond acceptors (Lipinski definition) is 0. The van der Waals surface area contributed by atoms with Crippen LogP contribution in [0.3, 0.4) is 0 Å². The molecule has 0 bridgehead atoms. The van der Waals surface area contributed by atoms with Gasteiger partial charge in [-0.2, -0.15) is 0 Å². The molecule has 0 aliphatic rings. The van der Waals surface area contributed by atoms with Gasteiger partial charge in [0.2, 0.25) is 0 Å². The predicted molar refractivity (Wildman–Crippen MR) is 189 cm³/mol. The third-order valence-electron chi connectivity index (χ3n) is 5.99. The Labute approximate surface area is 287 Å². The maximum absolute atomic E-state index is 13.0. The fourth-order valence-corrected chi connectivity index (χ4v) is 4.47. The maximum atomic E-state index is 13.0. The lowest BCUT2D eigenvalue weighted by atomic mass is 10.2. The first kappa shape index (κ1) is 38.4. The zero-order valence-electron chi connectivity index (χ0n) is 26.0. The SMILES string of the molecule is CCCCCC#Cc1cc(F)cc(Cl)c1.CCCCCC#Cc1cc(F)cc(Cl)c1.Fc1cc(Cl)cc(C#Cc2ccccc2)c1. The van der Waals surface area contributed by atoms with E-state index in [0.29, 0.717) is 31.8 Å². The Morgan fingerprint density at radius 3 is 1.20 bits per heavy atom. The van der Waals surface area contributed by atoms with Crippen LogP contribution in [0.4, 0.5) is 13.2 Å². The van der Waals surface area contributed by atoms with E-state index >= 15 is 0 Å². The summed E-state index contributed by atoms with van der Waals surface area (Å²) in [5.41, 5.74) is 2.77. The zero-order chi connectivity index (χ0) is 33.6. The van der Waals surface area contributed by atoms with E-state index in [9.17, 15) is 13.2 Å². The lowest BCUT2D eigenvalue weighted by molar-refractivity contribution is 0.627. The van der Waals surface area contributed by atoms with Gasteiger partial charge in [0.1, 0.15) is 17.5 Å². The summed E-state index contributed by atoms with van der Waals surface area (Å²) in [4.78, 5) is 0. The molecule has 0 N–H and O–H groups in total. The van der Waals surface area contributed by atoms with Gasteiger partial charge in [0, 0.05) is 50.2 Å². The normalized spacial score (nSPS) is 9.48. The van der Waals surface area contributed by atoms with Crippen molar-refractivity contribution in [2.75, 3.05) is 0 Å². The van der Waals surface area contributed by atoms with Crippen LogP contribution in [0.1, 0.15) is 87.5 Å². The third kappa shape index (κ3) is 17.6. The lowest BCUT2D eigenvalue weighted by Gasteiger charge is -1.93. The average Bonchev–Trinajstić information content (AvgIpc) is 3.00. The van der Waals surface area contributed by atoms with Crippen LogP contribution in [0.15, 0.2) is 84.9 Å². The summed E-state index contributed by atoms with van der Waals surface area (Å²) in [6.07, 6.45) is 8.70. The van der Waals surface area contributed by atoms with E-state index in [1.165, 1.54) is 62.1 Å². The van der Waals surface area contributed by atoms with Crippen molar-refractivity contribution in [1.29, 1.82) is 0 Å². The Bertz CT molecular complexity index is 1560. The Kier molecular flexibility index (Phi) is 18.9. The van der Waals surface area contributed by atoms with Gasteiger partial charge in [0.15, 0.2) is 0 Å². The number of benzene rings is 4. The van der Waals surface area contributed by atoms with Crippen molar-refractivity contribution >= 4 is 34.8 Å². The summed E-state index contributed by atoms with van der Waals surface area (Å²) < 4.78 is 38.8. The highest BCUT2D eigenvalue weighted by molar-refractivity contribution is 6.31. The first-order valence-corrected chi connectivity index (χ1v) is 16.2. The molecule has 0 atom stereocenters. The lowest BCUT2D eigenvalue weighted by Crippen LogP contribution is -1.79. The Balaban J connectivity index is 0.000000240. The fourth-order valence-electron chi connectivity index (χ4n) is 3.80. The molecule has 4 aromatic rings. The molecule has 238 valence electrons. The van der Waals surface area contributed by atoms with Gasteiger partial charge in [0.25, 0.3) is 0 Å². The van der Waals surface area contributed by atoms with E-state index in [-0.39, 0.29) is 17.5 Å². The van der Waals surface area contributed by atoms with Gasteiger partial charge in [-0.05, 0) is 79.6 Å². The van der Waals surface area contributed by atoms with Crippen LogP contribution >= 0.6 is 34.8 Å². The molecule has 0 saturated carbocycles. The van der Waals surface area contributed by atoms with Gasteiger partial charge in [-0.1, -0.05) is 128 Å². The highest BCUT2D eigenvalue weighted by Crippen LogP contribution is 2.15. The smallest absolute Gasteiger partial charge is 0.125 e. The molecule has 0 aliphatic heterocycles. The Morgan fingerprint density at radius 2 is 0.826 bits per heavy atom. The summed E-state index contributed by atoms with van der Waals surface area (Å²) in [5.74, 6) is 16.6. The molecule has 0 radical (unpaired) electrons. The van der Waals surface area contributed by atoms with Crippen LogP contribution in [0, 0.1) is 53.0 Å². The molecule has 0 amide bonds. The van der Waals surface area contributed by atoms with Gasteiger partial charge >= 0.3 is 0 Å². The third-order valence-corrected chi connectivity index (χ3v) is 6.64. The van der Waals surface area contributed by atoms with Crippen molar-refractivity contribution in [2.45, 2.75) is 65.2 Å². The molecule has 46 heavy (non-hydrogen) atoms. The van der Waals surface area contributed by atoms with Crippen LogP contribution in [0.2, 0.25) is 15.1 Å². The molecule has 4 aromatic carbocycles. The number of halogens is 6. The van der Waals surface area contributed by atoms with Gasteiger partial charge in [0.05, 0.1) is 0 Å². The van der Waals surface area contributed by atoms with Crippen LogP contribution in [0.25, 0.3) is 0 Å². The summed E-state index contributed by atoms with van der Waals surface area (Å²) >= 11 is 17.1. The first-order chi connectivity index (χ1) is 22.2. The van der Waals surface area contributed by atoms with Crippen LogP contribution in [0.5, 0.6) is 0 Å². The van der Waals surface area contributed by atoms with E-state index in [2.05, 4.69) is 49.4 Å². The number of rotatable bonds is 6. The fraction of sp³-hybridized carbons (Fsp3) is 0.250. The minimum absolute atomic E-state index is 0.333. The molecule has 0 aliphatic carbocycles. The molecular weight excluding hydrogens is 644 g/mol. The van der Waals surface area contributed by atoms with Gasteiger partial charge < -0.3 is 0 Å². The van der Waals surface area contributed by atoms with Crippen molar-refractivity contribution in [3.05, 3.63) is 140 Å². The summed E-state index contributed by atoms with van der Waals surface area (Å²) in [7, 11) is 0. The first-order valence-electron chi connectivity index (χ1n) is 15.1. The highest BCUT2D eigenvalue weighted by atomic mass is 35.5. The van der Waals surface area contributed by atoms with Crippen molar-refractivity contribution in [3.63, 3.8) is 0 Å². The van der Waals surface area contributed by atoms with Crippen LogP contribution < -0.4 is 0 Å². The molecule has 0 heterocycles. The van der Waals surface area contributed by atoms with E-state index in [0.717, 1.165) is 31.2 Å². The topological polar surface area (TPSA) is 0 Å². The van der Waals surface area contributed by atoms with Crippen molar-refractivity contribution in [2.24, 2.45) is 0 Å². The van der Waals surface area contributed by atoms with E-state index < -0.39 is 0 Å². The van der Waals surface area contributed by atoms with Gasteiger partial charge in [-0.3, -0.25) is 0 Å². The summed E-state index contributed by atoms with van der Waals surface area (Å²) in [5, 5.41) is 1.15. The molecule has 4 rings (SSSR count). The van der Waals surface area contributed by atoms with Crippen LogP contribution in [-0.4, -0.2) is 0 Å². The van der Waals surface area contributed by atoms with Crippen molar-refractivity contribution in [1.82, 2.24) is 0 Å². The molecule has 0 saturated heterocycles. The minimum atomic E-state index is -0.370. The molecule has 0 nitrogen and oxygen atoms in total. The van der Waals surface area contributed by atoms with Crippen molar-refractivity contribution in [3.8, 4) is 35.5 Å². The summed E-state index contributed by atoms with van der Waals surface area (Å²) in [6, 6.07) is 22.5. The average molecular weight is 680 g/mol. The second-order valence-corrected chi connectivity index (χ2v) is 11.4. The Hall–Kier alpha value is -3.78. The van der Waals surface area contributed by atoms with E-state index in [4.69, 9.17) is 34.8 Å². The molecular formula is C40H36Cl3F3. The molecule has 0 aromatic heterocycles. The largest absolute Gasteiger partial charge is 0.207 e. The highest BCUT2D eigenvalue weighted by Gasteiger charge is 1.97. The van der Waals surface area contributed by atoms with Crippen LogP contribution in [-0.2, 0) is 0 Å². The Morgan fingerprint density at radius 1 is 0.457 bits per heavy atom. The molecule has 6 heteroatoms. The molecule has 0 spiro atoms.